The van der Waals surface area contributed by atoms with Crippen molar-refractivity contribution >= 4 is 11.9 Å². The Balaban J connectivity index is 2.39. The maximum absolute atomic E-state index is 13.5. The normalized spacial score (nSPS) is 12.0. The molecule has 0 bridgehead atoms. The van der Waals surface area contributed by atoms with Crippen molar-refractivity contribution in [2.24, 2.45) is 5.92 Å². The average molecular weight is 424 g/mol. The number of hydrogen-bond donors (Lipinski definition) is 0. The molecule has 0 aliphatic heterocycles. The first kappa shape index (κ1) is 24.8. The van der Waals surface area contributed by atoms with Gasteiger partial charge in [-0.2, -0.15) is 0 Å². The smallest absolute Gasteiger partial charge is 0.306 e. The fraction of sp³-hybridized carbons (Fsp3) is 0.600. The van der Waals surface area contributed by atoms with Crippen molar-refractivity contribution in [3.63, 3.8) is 0 Å². The Hall–Kier alpha value is -2.19. The van der Waals surface area contributed by atoms with E-state index < -0.39 is 53.2 Å². The lowest BCUT2D eigenvalue weighted by atomic mass is 10.0. The second-order valence-corrected chi connectivity index (χ2v) is 6.66. The molecule has 0 radical (unpaired) electrons. The summed E-state index contributed by atoms with van der Waals surface area (Å²) < 4.78 is 75.8. The zero-order chi connectivity index (χ0) is 22.0. The van der Waals surface area contributed by atoms with Crippen LogP contribution < -0.4 is 0 Å². The van der Waals surface area contributed by atoms with E-state index in [9.17, 15) is 31.5 Å². The molecular weight excluding hydrogens is 399 g/mol. The third-order valence-corrected chi connectivity index (χ3v) is 4.46. The predicted molar refractivity (Wildman–Crippen MR) is 94.1 cm³/mol. The highest BCUT2D eigenvalue weighted by molar-refractivity contribution is 5.72. The number of ether oxygens (including phenoxy) is 2. The topological polar surface area (TPSA) is 52.6 Å². The van der Waals surface area contributed by atoms with E-state index in [0.717, 1.165) is 25.7 Å². The average Bonchev–Trinajstić information content (AvgIpc) is 2.71. The number of benzene rings is 1. The maximum Gasteiger partial charge on any atom is 0.306 e. The number of halogens is 5. The quantitative estimate of drug-likeness (QED) is 0.196. The number of hydrogen-bond acceptors (Lipinski definition) is 4. The fourth-order valence-electron chi connectivity index (χ4n) is 2.56. The Bertz CT molecular complexity index is 680. The maximum atomic E-state index is 13.5. The summed E-state index contributed by atoms with van der Waals surface area (Å²) in [6, 6.07) is 0. The molecule has 1 atom stereocenters. The molecule has 9 heteroatoms. The second kappa shape index (κ2) is 12.4. The van der Waals surface area contributed by atoms with E-state index in [1.165, 1.54) is 0 Å². The van der Waals surface area contributed by atoms with Crippen molar-refractivity contribution in [3.8, 4) is 0 Å². The van der Waals surface area contributed by atoms with Gasteiger partial charge in [-0.15, -0.1) is 0 Å². The van der Waals surface area contributed by atoms with Crippen LogP contribution in [0.15, 0.2) is 0 Å². The van der Waals surface area contributed by atoms with Crippen molar-refractivity contribution in [1.29, 1.82) is 0 Å². The molecule has 0 saturated carbocycles. The first-order valence-corrected chi connectivity index (χ1v) is 9.54. The van der Waals surface area contributed by atoms with Gasteiger partial charge in [-0.3, -0.25) is 9.59 Å². The molecule has 0 N–H and O–H groups in total. The van der Waals surface area contributed by atoms with Gasteiger partial charge in [0.25, 0.3) is 0 Å². The Labute approximate surface area is 166 Å². The standard InChI is InChI=1S/C20H25F5O4/c1-3-5-7-12(4-2)10-28-14(26)8-6-9-15(27)29-11-13-16(21)18(23)20(25)19(24)17(13)22/h12H,3-11H2,1-2H3. The SMILES string of the molecule is CCCCC(CC)COC(=O)CCCC(=O)OCc1c(F)c(F)c(F)c(F)c1F. The van der Waals surface area contributed by atoms with Crippen LogP contribution in [0.2, 0.25) is 0 Å². The summed E-state index contributed by atoms with van der Waals surface area (Å²) in [7, 11) is 0. The van der Waals surface area contributed by atoms with Crippen LogP contribution in [0.3, 0.4) is 0 Å². The first-order chi connectivity index (χ1) is 13.7. The highest BCUT2D eigenvalue weighted by Gasteiger charge is 2.26. The molecule has 29 heavy (non-hydrogen) atoms. The van der Waals surface area contributed by atoms with Crippen molar-refractivity contribution in [1.82, 2.24) is 0 Å². The summed E-state index contributed by atoms with van der Waals surface area (Å²) >= 11 is 0. The lowest BCUT2D eigenvalue weighted by Crippen LogP contribution is -2.14. The van der Waals surface area contributed by atoms with E-state index in [2.05, 4.69) is 11.7 Å². The van der Waals surface area contributed by atoms with Crippen LogP contribution in [-0.4, -0.2) is 18.5 Å². The minimum atomic E-state index is -2.28. The zero-order valence-electron chi connectivity index (χ0n) is 16.5. The van der Waals surface area contributed by atoms with Crippen LogP contribution in [0, 0.1) is 35.0 Å². The van der Waals surface area contributed by atoms with Crippen LogP contribution >= 0.6 is 0 Å². The summed E-state index contributed by atoms with van der Waals surface area (Å²) in [4.78, 5) is 23.3. The molecule has 164 valence electrons. The van der Waals surface area contributed by atoms with E-state index in [1.807, 2.05) is 6.92 Å². The van der Waals surface area contributed by atoms with E-state index in [-0.39, 0.29) is 25.2 Å². The third-order valence-electron chi connectivity index (χ3n) is 4.46. The minimum absolute atomic E-state index is 0.0537. The summed E-state index contributed by atoms with van der Waals surface area (Å²) in [6.45, 7) is 3.28. The molecule has 0 amide bonds. The summed E-state index contributed by atoms with van der Waals surface area (Å²) in [5, 5.41) is 0. The van der Waals surface area contributed by atoms with Gasteiger partial charge < -0.3 is 9.47 Å². The molecule has 4 nitrogen and oxygen atoms in total. The van der Waals surface area contributed by atoms with Crippen LogP contribution in [0.25, 0.3) is 0 Å². The van der Waals surface area contributed by atoms with E-state index in [4.69, 9.17) is 4.74 Å². The molecule has 1 rings (SSSR count). The Morgan fingerprint density at radius 3 is 1.83 bits per heavy atom. The lowest BCUT2D eigenvalue weighted by molar-refractivity contribution is -0.147. The Kier molecular flexibility index (Phi) is 10.6. The van der Waals surface area contributed by atoms with E-state index >= 15 is 0 Å². The van der Waals surface area contributed by atoms with Crippen molar-refractivity contribution in [2.45, 2.75) is 65.4 Å². The fourth-order valence-corrected chi connectivity index (χ4v) is 2.56. The summed E-state index contributed by atoms with van der Waals surface area (Å²) in [5.74, 6) is -11.7. The molecule has 0 fully saturated rings. The minimum Gasteiger partial charge on any atom is -0.465 e. The van der Waals surface area contributed by atoms with Gasteiger partial charge in [-0.05, 0) is 18.8 Å². The lowest BCUT2D eigenvalue weighted by Gasteiger charge is -2.14. The zero-order valence-corrected chi connectivity index (χ0v) is 16.5. The number of rotatable bonds is 12. The van der Waals surface area contributed by atoms with Crippen LogP contribution in [0.1, 0.15) is 64.4 Å². The van der Waals surface area contributed by atoms with Gasteiger partial charge in [0.2, 0.25) is 5.82 Å². The van der Waals surface area contributed by atoms with Crippen molar-refractivity contribution in [2.75, 3.05) is 6.61 Å². The summed E-state index contributed by atoms with van der Waals surface area (Å²) in [5.41, 5.74) is -1.23. The molecule has 0 spiro atoms. The molecule has 1 aromatic carbocycles. The van der Waals surface area contributed by atoms with Crippen LogP contribution in [-0.2, 0) is 25.7 Å². The molecular formula is C20H25F5O4. The Morgan fingerprint density at radius 2 is 1.31 bits per heavy atom. The first-order valence-electron chi connectivity index (χ1n) is 9.54. The number of carbonyl (C=O) groups is 2. The molecule has 0 aliphatic carbocycles. The largest absolute Gasteiger partial charge is 0.465 e. The highest BCUT2D eigenvalue weighted by Crippen LogP contribution is 2.23. The number of carbonyl (C=O) groups excluding carboxylic acids is 2. The number of unbranched alkanes of at least 4 members (excludes halogenated alkanes) is 1. The van der Waals surface area contributed by atoms with Gasteiger partial charge in [0, 0.05) is 12.8 Å². The highest BCUT2D eigenvalue weighted by atomic mass is 19.2. The van der Waals surface area contributed by atoms with E-state index in [0.29, 0.717) is 6.61 Å². The van der Waals surface area contributed by atoms with Gasteiger partial charge in [-0.1, -0.05) is 33.1 Å². The molecule has 0 aliphatic rings. The van der Waals surface area contributed by atoms with Crippen molar-refractivity contribution in [3.05, 3.63) is 34.6 Å². The number of esters is 2. The van der Waals surface area contributed by atoms with Gasteiger partial charge in [-0.25, -0.2) is 22.0 Å². The molecule has 0 aromatic heterocycles. The monoisotopic (exact) mass is 424 g/mol. The molecule has 1 unspecified atom stereocenters. The van der Waals surface area contributed by atoms with Crippen LogP contribution in [0.4, 0.5) is 22.0 Å². The molecule has 0 saturated heterocycles. The molecule has 0 heterocycles. The predicted octanol–water partition coefficient (Wildman–Crippen LogP) is 5.36. The van der Waals surface area contributed by atoms with Gasteiger partial charge >= 0.3 is 11.9 Å². The molecule has 1 aromatic rings. The van der Waals surface area contributed by atoms with Gasteiger partial charge in [0.15, 0.2) is 23.3 Å². The van der Waals surface area contributed by atoms with Gasteiger partial charge in [0.1, 0.15) is 6.61 Å². The second-order valence-electron chi connectivity index (χ2n) is 6.66. The summed E-state index contributed by atoms with van der Waals surface area (Å²) in [6.07, 6.45) is 3.70. The Morgan fingerprint density at radius 1 is 0.793 bits per heavy atom. The van der Waals surface area contributed by atoms with Crippen molar-refractivity contribution < 1.29 is 41.0 Å². The van der Waals surface area contributed by atoms with E-state index in [1.54, 1.807) is 0 Å². The van der Waals surface area contributed by atoms with Crippen LogP contribution in [0.5, 0.6) is 0 Å². The van der Waals surface area contributed by atoms with Gasteiger partial charge in [0.05, 0.1) is 12.2 Å². The third kappa shape index (κ3) is 7.62.